The Morgan fingerprint density at radius 2 is 2.08 bits per heavy atom. The Kier molecular flexibility index (Phi) is 2.76. The second-order valence-electron chi connectivity index (χ2n) is 3.38. The molecular formula is C12H16O. The van der Waals surface area contributed by atoms with Crippen LogP contribution in [0.3, 0.4) is 0 Å². The SMILES string of the molecule is C=C(C)c1c(CC)ccc(O)c1C. The van der Waals surface area contributed by atoms with E-state index in [0.29, 0.717) is 5.75 Å². The van der Waals surface area contributed by atoms with Crippen LogP contribution in [0.5, 0.6) is 5.75 Å². The first-order valence-electron chi connectivity index (χ1n) is 4.55. The van der Waals surface area contributed by atoms with Gasteiger partial charge in [-0.3, -0.25) is 0 Å². The number of phenolic OH excluding ortho intramolecular Hbond substituents is 1. The largest absolute Gasteiger partial charge is 0.508 e. The summed E-state index contributed by atoms with van der Waals surface area (Å²) in [6, 6.07) is 3.72. The first-order valence-corrected chi connectivity index (χ1v) is 4.55. The summed E-state index contributed by atoms with van der Waals surface area (Å²) in [5, 5.41) is 9.53. The Morgan fingerprint density at radius 3 is 2.54 bits per heavy atom. The number of hydrogen-bond acceptors (Lipinski definition) is 1. The lowest BCUT2D eigenvalue weighted by Gasteiger charge is -2.12. The molecule has 0 spiro atoms. The van der Waals surface area contributed by atoms with Crippen molar-refractivity contribution in [3.05, 3.63) is 35.4 Å². The van der Waals surface area contributed by atoms with Crippen LogP contribution in [0, 0.1) is 6.92 Å². The maximum absolute atomic E-state index is 9.53. The molecule has 1 heteroatoms. The van der Waals surface area contributed by atoms with Gasteiger partial charge in [-0.05, 0) is 43.0 Å². The van der Waals surface area contributed by atoms with E-state index in [9.17, 15) is 5.11 Å². The lowest BCUT2D eigenvalue weighted by Crippen LogP contribution is -1.93. The van der Waals surface area contributed by atoms with Crippen molar-refractivity contribution in [2.75, 3.05) is 0 Å². The van der Waals surface area contributed by atoms with Crippen molar-refractivity contribution in [1.29, 1.82) is 0 Å². The number of hydrogen-bond donors (Lipinski definition) is 1. The molecule has 0 bridgehead atoms. The standard InChI is InChI=1S/C12H16O/c1-5-10-6-7-11(13)9(4)12(10)8(2)3/h6-7,13H,2,5H2,1,3-4H3. The lowest BCUT2D eigenvalue weighted by atomic mass is 9.95. The average molecular weight is 176 g/mol. The summed E-state index contributed by atoms with van der Waals surface area (Å²) in [5.74, 6) is 0.357. The van der Waals surface area contributed by atoms with E-state index in [1.54, 1.807) is 6.07 Å². The molecule has 0 aliphatic rings. The highest BCUT2D eigenvalue weighted by Crippen LogP contribution is 2.28. The Labute approximate surface area is 79.7 Å². The summed E-state index contributed by atoms with van der Waals surface area (Å²) in [6.45, 7) is 9.94. The topological polar surface area (TPSA) is 20.2 Å². The van der Waals surface area contributed by atoms with Gasteiger partial charge in [-0.1, -0.05) is 25.1 Å². The van der Waals surface area contributed by atoms with E-state index < -0.39 is 0 Å². The van der Waals surface area contributed by atoms with E-state index in [2.05, 4.69) is 13.5 Å². The van der Waals surface area contributed by atoms with Gasteiger partial charge in [-0.25, -0.2) is 0 Å². The third kappa shape index (κ3) is 1.74. The lowest BCUT2D eigenvalue weighted by molar-refractivity contribution is 0.470. The second kappa shape index (κ2) is 3.65. The molecular weight excluding hydrogens is 160 g/mol. The van der Waals surface area contributed by atoms with Gasteiger partial charge in [0.1, 0.15) is 5.75 Å². The number of benzene rings is 1. The van der Waals surface area contributed by atoms with E-state index in [4.69, 9.17) is 0 Å². The minimum Gasteiger partial charge on any atom is -0.508 e. The van der Waals surface area contributed by atoms with E-state index in [1.165, 1.54) is 5.56 Å². The van der Waals surface area contributed by atoms with Crippen LogP contribution >= 0.6 is 0 Å². The van der Waals surface area contributed by atoms with Gasteiger partial charge in [0.15, 0.2) is 0 Å². The summed E-state index contributed by atoms with van der Waals surface area (Å²) < 4.78 is 0. The Balaban J connectivity index is 3.41. The van der Waals surface area contributed by atoms with Crippen LogP contribution in [0.15, 0.2) is 18.7 Å². The summed E-state index contributed by atoms with van der Waals surface area (Å²) in [4.78, 5) is 0. The molecule has 0 radical (unpaired) electrons. The van der Waals surface area contributed by atoms with E-state index in [-0.39, 0.29) is 0 Å². The minimum atomic E-state index is 0.357. The van der Waals surface area contributed by atoms with Gasteiger partial charge in [0.2, 0.25) is 0 Å². The smallest absolute Gasteiger partial charge is 0.119 e. The zero-order valence-electron chi connectivity index (χ0n) is 8.52. The molecule has 0 atom stereocenters. The van der Waals surface area contributed by atoms with Gasteiger partial charge in [-0.15, -0.1) is 0 Å². The molecule has 0 heterocycles. The molecule has 0 amide bonds. The Bertz CT molecular complexity index is 337. The highest BCUT2D eigenvalue weighted by Gasteiger charge is 2.08. The van der Waals surface area contributed by atoms with Crippen molar-refractivity contribution >= 4 is 5.57 Å². The predicted molar refractivity (Wildman–Crippen MR) is 56.9 cm³/mol. The second-order valence-corrected chi connectivity index (χ2v) is 3.38. The number of rotatable bonds is 2. The number of phenols is 1. The molecule has 0 saturated heterocycles. The quantitative estimate of drug-likeness (QED) is 0.733. The van der Waals surface area contributed by atoms with Crippen LogP contribution in [0.4, 0.5) is 0 Å². The van der Waals surface area contributed by atoms with Gasteiger partial charge in [0.05, 0.1) is 0 Å². The Hall–Kier alpha value is -1.24. The van der Waals surface area contributed by atoms with Crippen molar-refractivity contribution in [2.24, 2.45) is 0 Å². The molecule has 0 aliphatic heterocycles. The molecule has 1 nitrogen and oxygen atoms in total. The number of allylic oxidation sites excluding steroid dienone is 1. The molecule has 13 heavy (non-hydrogen) atoms. The molecule has 70 valence electrons. The van der Waals surface area contributed by atoms with Crippen molar-refractivity contribution in [1.82, 2.24) is 0 Å². The third-order valence-electron chi connectivity index (χ3n) is 2.33. The Morgan fingerprint density at radius 1 is 1.46 bits per heavy atom. The minimum absolute atomic E-state index is 0.357. The van der Waals surface area contributed by atoms with Crippen molar-refractivity contribution in [3.8, 4) is 5.75 Å². The van der Waals surface area contributed by atoms with Crippen molar-refractivity contribution < 1.29 is 5.11 Å². The van der Waals surface area contributed by atoms with Crippen molar-refractivity contribution in [2.45, 2.75) is 27.2 Å². The van der Waals surface area contributed by atoms with Crippen molar-refractivity contribution in [3.63, 3.8) is 0 Å². The molecule has 1 rings (SSSR count). The molecule has 0 saturated carbocycles. The van der Waals surface area contributed by atoms with Crippen LogP contribution in [-0.2, 0) is 6.42 Å². The van der Waals surface area contributed by atoms with Crippen LogP contribution < -0.4 is 0 Å². The molecule has 0 aliphatic carbocycles. The third-order valence-corrected chi connectivity index (χ3v) is 2.33. The number of aromatic hydroxyl groups is 1. The summed E-state index contributed by atoms with van der Waals surface area (Å²) in [5.41, 5.74) is 4.32. The summed E-state index contributed by atoms with van der Waals surface area (Å²) in [7, 11) is 0. The van der Waals surface area contributed by atoms with Gasteiger partial charge in [-0.2, -0.15) is 0 Å². The maximum atomic E-state index is 9.53. The van der Waals surface area contributed by atoms with E-state index >= 15 is 0 Å². The zero-order chi connectivity index (χ0) is 10.0. The fourth-order valence-electron chi connectivity index (χ4n) is 1.65. The first-order chi connectivity index (χ1) is 6.07. The van der Waals surface area contributed by atoms with Gasteiger partial charge in [0, 0.05) is 0 Å². The number of aryl methyl sites for hydroxylation is 1. The van der Waals surface area contributed by atoms with E-state index in [0.717, 1.165) is 23.1 Å². The van der Waals surface area contributed by atoms with Crippen LogP contribution in [0.25, 0.3) is 5.57 Å². The molecule has 0 fully saturated rings. The highest BCUT2D eigenvalue weighted by molar-refractivity contribution is 5.69. The molecule has 1 aromatic carbocycles. The summed E-state index contributed by atoms with van der Waals surface area (Å²) in [6.07, 6.45) is 0.976. The van der Waals surface area contributed by atoms with Crippen LogP contribution in [0.1, 0.15) is 30.5 Å². The molecule has 1 aromatic rings. The first kappa shape index (κ1) is 9.85. The highest BCUT2D eigenvalue weighted by atomic mass is 16.3. The van der Waals surface area contributed by atoms with Crippen LogP contribution in [-0.4, -0.2) is 5.11 Å². The fourth-order valence-corrected chi connectivity index (χ4v) is 1.65. The molecule has 0 unspecified atom stereocenters. The maximum Gasteiger partial charge on any atom is 0.119 e. The monoisotopic (exact) mass is 176 g/mol. The van der Waals surface area contributed by atoms with E-state index in [1.807, 2.05) is 19.9 Å². The van der Waals surface area contributed by atoms with Crippen LogP contribution in [0.2, 0.25) is 0 Å². The normalized spacial score (nSPS) is 10.1. The van der Waals surface area contributed by atoms with Gasteiger partial charge < -0.3 is 5.11 Å². The zero-order valence-corrected chi connectivity index (χ0v) is 8.52. The van der Waals surface area contributed by atoms with Gasteiger partial charge >= 0.3 is 0 Å². The fraction of sp³-hybridized carbons (Fsp3) is 0.333. The average Bonchev–Trinajstić information content (AvgIpc) is 2.08. The van der Waals surface area contributed by atoms with Gasteiger partial charge in [0.25, 0.3) is 0 Å². The summed E-state index contributed by atoms with van der Waals surface area (Å²) >= 11 is 0. The molecule has 1 N–H and O–H groups in total. The molecule has 0 aromatic heterocycles. The predicted octanol–water partition coefficient (Wildman–Crippen LogP) is 3.30.